The van der Waals surface area contributed by atoms with Crippen LogP contribution in [0.1, 0.15) is 24.5 Å². The van der Waals surface area contributed by atoms with E-state index in [0.717, 1.165) is 17.6 Å². The highest BCUT2D eigenvalue weighted by Gasteiger charge is 2.00. The first-order chi connectivity index (χ1) is 6.63. The predicted octanol–water partition coefficient (Wildman–Crippen LogP) is 4.14. The summed E-state index contributed by atoms with van der Waals surface area (Å²) in [6.45, 7) is 9.15. The van der Waals surface area contributed by atoms with E-state index in [-0.39, 0.29) is 12.2 Å². The normalized spacial score (nSPS) is 9.86. The van der Waals surface area contributed by atoms with Crippen molar-refractivity contribution in [1.29, 1.82) is 0 Å². The highest BCUT2D eigenvalue weighted by atomic mass is 19.1. The molecule has 1 heteroatoms. The molecule has 0 aliphatic carbocycles. The van der Waals surface area contributed by atoms with E-state index in [9.17, 15) is 4.39 Å². The maximum atomic E-state index is 12.5. The first-order valence-corrected chi connectivity index (χ1v) is 4.74. The first-order valence-electron chi connectivity index (χ1n) is 4.74. The molecule has 0 aromatic heterocycles. The summed E-state index contributed by atoms with van der Waals surface area (Å²) in [6, 6.07) is 8.04. The van der Waals surface area contributed by atoms with Crippen molar-refractivity contribution in [2.75, 3.05) is 0 Å². The average molecular weight is 190 g/mol. The molecule has 0 amide bonds. The second-order valence-corrected chi connectivity index (χ2v) is 3.35. The molecule has 0 N–H and O–H groups in total. The Balaban J connectivity index is 2.76. The Morgan fingerprint density at radius 1 is 1.21 bits per heavy atom. The van der Waals surface area contributed by atoms with Crippen LogP contribution in [-0.2, 0) is 6.42 Å². The van der Waals surface area contributed by atoms with E-state index in [1.807, 2.05) is 24.3 Å². The van der Waals surface area contributed by atoms with Crippen LogP contribution in [0.25, 0.3) is 5.57 Å². The average Bonchev–Trinajstić information content (AvgIpc) is 2.17. The summed E-state index contributed by atoms with van der Waals surface area (Å²) in [5.74, 6) is -0.338. The van der Waals surface area contributed by atoms with E-state index in [0.29, 0.717) is 0 Å². The molecule has 1 aromatic rings. The topological polar surface area (TPSA) is 0 Å². The summed E-state index contributed by atoms with van der Waals surface area (Å²) >= 11 is 0. The molecule has 0 aliphatic heterocycles. The van der Waals surface area contributed by atoms with Crippen LogP contribution in [0, 0.1) is 0 Å². The molecule has 14 heavy (non-hydrogen) atoms. The van der Waals surface area contributed by atoms with Crippen molar-refractivity contribution < 1.29 is 4.39 Å². The van der Waals surface area contributed by atoms with Crippen molar-refractivity contribution in [2.45, 2.75) is 19.8 Å². The van der Waals surface area contributed by atoms with Crippen LogP contribution in [0.5, 0.6) is 0 Å². The number of rotatable bonds is 4. The molecular formula is C13H15F. The number of hydrogen-bond acceptors (Lipinski definition) is 0. The standard InChI is InChI=1S/C13H15F/c1-4-12-5-7-13(8-6-12)10(2)9-11(3)14/h5-8H,2-4,9H2,1H3. The molecule has 0 nitrogen and oxygen atoms in total. The molecule has 0 heterocycles. The van der Waals surface area contributed by atoms with Gasteiger partial charge in [0.25, 0.3) is 0 Å². The molecular weight excluding hydrogens is 175 g/mol. The zero-order chi connectivity index (χ0) is 10.6. The molecule has 0 unspecified atom stereocenters. The lowest BCUT2D eigenvalue weighted by atomic mass is 10.0. The van der Waals surface area contributed by atoms with E-state index >= 15 is 0 Å². The number of aryl methyl sites for hydroxylation is 1. The molecule has 1 aromatic carbocycles. The van der Waals surface area contributed by atoms with Gasteiger partial charge >= 0.3 is 0 Å². The van der Waals surface area contributed by atoms with Gasteiger partial charge in [-0.2, -0.15) is 0 Å². The maximum absolute atomic E-state index is 12.5. The highest BCUT2D eigenvalue weighted by molar-refractivity contribution is 5.65. The van der Waals surface area contributed by atoms with Crippen molar-refractivity contribution >= 4 is 5.57 Å². The Kier molecular flexibility index (Phi) is 3.63. The minimum atomic E-state index is -0.338. The molecule has 74 valence electrons. The van der Waals surface area contributed by atoms with Crippen LogP contribution in [0.4, 0.5) is 4.39 Å². The second-order valence-electron chi connectivity index (χ2n) is 3.35. The lowest BCUT2D eigenvalue weighted by molar-refractivity contribution is 0.626. The highest BCUT2D eigenvalue weighted by Crippen LogP contribution is 2.20. The molecule has 0 radical (unpaired) electrons. The molecule has 0 fully saturated rings. The molecule has 0 bridgehead atoms. The van der Waals surface area contributed by atoms with Crippen LogP contribution in [0.2, 0.25) is 0 Å². The Morgan fingerprint density at radius 3 is 2.21 bits per heavy atom. The van der Waals surface area contributed by atoms with E-state index in [1.54, 1.807) is 0 Å². The van der Waals surface area contributed by atoms with Gasteiger partial charge in [-0.3, -0.25) is 0 Å². The van der Waals surface area contributed by atoms with Crippen LogP contribution in [-0.4, -0.2) is 0 Å². The van der Waals surface area contributed by atoms with Crippen LogP contribution >= 0.6 is 0 Å². The molecule has 0 spiro atoms. The number of benzene rings is 1. The minimum absolute atomic E-state index is 0.228. The third kappa shape index (κ3) is 2.84. The van der Waals surface area contributed by atoms with Crippen molar-refractivity contribution in [3.8, 4) is 0 Å². The summed E-state index contributed by atoms with van der Waals surface area (Å²) < 4.78 is 12.5. The number of allylic oxidation sites excluding steroid dienone is 2. The fourth-order valence-corrected chi connectivity index (χ4v) is 1.31. The lowest BCUT2D eigenvalue weighted by Crippen LogP contribution is -1.85. The van der Waals surface area contributed by atoms with Crippen LogP contribution in [0.15, 0.2) is 43.3 Å². The zero-order valence-electron chi connectivity index (χ0n) is 8.52. The van der Waals surface area contributed by atoms with Gasteiger partial charge in [0.15, 0.2) is 0 Å². The largest absolute Gasteiger partial charge is 0.212 e. The van der Waals surface area contributed by atoms with Gasteiger partial charge < -0.3 is 0 Å². The second kappa shape index (κ2) is 4.75. The summed E-state index contributed by atoms with van der Waals surface area (Å²) in [7, 11) is 0. The monoisotopic (exact) mass is 190 g/mol. The minimum Gasteiger partial charge on any atom is -0.212 e. The van der Waals surface area contributed by atoms with Crippen LogP contribution < -0.4 is 0 Å². The molecule has 0 saturated carbocycles. The van der Waals surface area contributed by atoms with Gasteiger partial charge in [0.2, 0.25) is 0 Å². The molecule has 0 saturated heterocycles. The van der Waals surface area contributed by atoms with Gasteiger partial charge in [-0.15, -0.1) is 0 Å². The molecule has 1 rings (SSSR count). The van der Waals surface area contributed by atoms with Crippen molar-refractivity contribution in [3.63, 3.8) is 0 Å². The van der Waals surface area contributed by atoms with E-state index < -0.39 is 0 Å². The lowest BCUT2D eigenvalue weighted by Gasteiger charge is -2.04. The van der Waals surface area contributed by atoms with Crippen LogP contribution in [0.3, 0.4) is 0 Å². The van der Waals surface area contributed by atoms with Gasteiger partial charge in [-0.05, 0) is 23.1 Å². The van der Waals surface area contributed by atoms with Crippen molar-refractivity contribution in [3.05, 3.63) is 54.4 Å². The quantitative estimate of drug-likeness (QED) is 0.669. The summed E-state index contributed by atoms with van der Waals surface area (Å²) in [5, 5.41) is 0. The molecule has 0 aliphatic rings. The summed E-state index contributed by atoms with van der Waals surface area (Å²) in [5.41, 5.74) is 3.04. The fraction of sp³-hybridized carbons (Fsp3) is 0.231. The predicted molar refractivity (Wildman–Crippen MR) is 59.7 cm³/mol. The first kappa shape index (κ1) is 10.7. The molecule has 0 atom stereocenters. The van der Waals surface area contributed by atoms with Gasteiger partial charge in [-0.1, -0.05) is 44.3 Å². The Hall–Kier alpha value is -1.37. The van der Waals surface area contributed by atoms with E-state index in [4.69, 9.17) is 0 Å². The van der Waals surface area contributed by atoms with Gasteiger partial charge in [0.1, 0.15) is 0 Å². The van der Waals surface area contributed by atoms with E-state index in [1.165, 1.54) is 5.56 Å². The summed E-state index contributed by atoms with van der Waals surface area (Å²) in [6.07, 6.45) is 1.24. The smallest absolute Gasteiger partial charge is 0.0971 e. The van der Waals surface area contributed by atoms with E-state index in [2.05, 4.69) is 20.1 Å². The zero-order valence-corrected chi connectivity index (χ0v) is 8.52. The third-order valence-electron chi connectivity index (χ3n) is 2.18. The van der Waals surface area contributed by atoms with Gasteiger partial charge in [0, 0.05) is 6.42 Å². The SMILES string of the molecule is C=C(F)CC(=C)c1ccc(CC)cc1. The Bertz CT molecular complexity index is 333. The Labute approximate surface area is 84.8 Å². The fourth-order valence-electron chi connectivity index (χ4n) is 1.31. The maximum Gasteiger partial charge on any atom is 0.0971 e. The third-order valence-corrected chi connectivity index (χ3v) is 2.18. The Morgan fingerprint density at radius 2 is 1.79 bits per heavy atom. The summed E-state index contributed by atoms with van der Waals surface area (Å²) in [4.78, 5) is 0. The van der Waals surface area contributed by atoms with Crippen molar-refractivity contribution in [1.82, 2.24) is 0 Å². The van der Waals surface area contributed by atoms with Gasteiger partial charge in [0.05, 0.1) is 5.83 Å². The number of halogens is 1. The van der Waals surface area contributed by atoms with Crippen molar-refractivity contribution in [2.24, 2.45) is 0 Å². The van der Waals surface area contributed by atoms with Gasteiger partial charge in [-0.25, -0.2) is 4.39 Å². The number of hydrogen-bond donors (Lipinski definition) is 0.